The number of carbonyl (C=O) groups is 1. The Morgan fingerprint density at radius 2 is 2.06 bits per heavy atom. The number of ether oxygens (including phenoxy) is 1. The van der Waals surface area contributed by atoms with Crippen molar-refractivity contribution in [1.82, 2.24) is 10.6 Å². The third kappa shape index (κ3) is 2.67. The first-order chi connectivity index (χ1) is 7.46. The van der Waals surface area contributed by atoms with Crippen molar-refractivity contribution in [2.75, 3.05) is 6.54 Å². The minimum atomic E-state index is -0.411. The lowest BCUT2D eigenvalue weighted by atomic mass is 9.95. The van der Waals surface area contributed by atoms with Crippen molar-refractivity contribution in [3.63, 3.8) is 0 Å². The average Bonchev–Trinajstić information content (AvgIpc) is 2.39. The molecule has 1 heterocycles. The first-order valence-electron chi connectivity index (χ1n) is 6.18. The summed E-state index contributed by atoms with van der Waals surface area (Å²) in [4.78, 5) is 11.7. The van der Waals surface area contributed by atoms with E-state index in [9.17, 15) is 4.79 Å². The standard InChI is InChI=1S/C12H22N2O2/c1-12(2,3)16-11(15)14-10-8-4-5-9(10)13-7-6-8/h8-10,13H,4-7H2,1-3H3,(H,14,15)/t8-,9-,10+/m1/s1. The molecule has 0 radical (unpaired) electrons. The van der Waals surface area contributed by atoms with E-state index in [-0.39, 0.29) is 12.1 Å². The second kappa shape index (κ2) is 4.24. The summed E-state index contributed by atoms with van der Waals surface area (Å²) in [7, 11) is 0. The maximum atomic E-state index is 11.7. The van der Waals surface area contributed by atoms with Gasteiger partial charge in [-0.25, -0.2) is 4.79 Å². The minimum Gasteiger partial charge on any atom is -0.444 e. The Bertz CT molecular complexity index is 257. The molecule has 2 aliphatic rings. The molecule has 2 N–H and O–H groups in total. The molecule has 3 atom stereocenters. The topological polar surface area (TPSA) is 50.4 Å². The molecule has 1 saturated heterocycles. The number of hydrogen-bond donors (Lipinski definition) is 2. The first-order valence-corrected chi connectivity index (χ1v) is 6.18. The maximum absolute atomic E-state index is 11.7. The number of alkyl carbamates (subject to hydrolysis) is 1. The van der Waals surface area contributed by atoms with Gasteiger partial charge in [0.25, 0.3) is 0 Å². The normalized spacial score (nSPS) is 33.6. The third-order valence-corrected chi connectivity index (χ3v) is 3.39. The molecule has 2 fully saturated rings. The van der Waals surface area contributed by atoms with Crippen molar-refractivity contribution in [3.05, 3.63) is 0 Å². The van der Waals surface area contributed by atoms with Gasteiger partial charge in [-0.2, -0.15) is 0 Å². The summed E-state index contributed by atoms with van der Waals surface area (Å²) in [6.07, 6.45) is 3.28. The number of nitrogens with one attached hydrogen (secondary N) is 2. The lowest BCUT2D eigenvalue weighted by molar-refractivity contribution is 0.0474. The predicted octanol–water partition coefficient (Wildman–Crippen LogP) is 1.65. The summed E-state index contributed by atoms with van der Waals surface area (Å²) >= 11 is 0. The highest BCUT2D eigenvalue weighted by molar-refractivity contribution is 5.68. The van der Waals surface area contributed by atoms with E-state index >= 15 is 0 Å². The molecule has 92 valence electrons. The number of rotatable bonds is 1. The second-order valence-corrected chi connectivity index (χ2v) is 5.86. The van der Waals surface area contributed by atoms with Crippen molar-refractivity contribution < 1.29 is 9.53 Å². The summed E-state index contributed by atoms with van der Waals surface area (Å²) in [6.45, 7) is 6.75. The Balaban J connectivity index is 1.88. The van der Waals surface area contributed by atoms with Crippen molar-refractivity contribution in [2.45, 2.75) is 57.7 Å². The molecule has 16 heavy (non-hydrogen) atoms. The molecule has 0 aromatic heterocycles. The molecule has 0 aromatic rings. The van der Waals surface area contributed by atoms with Gasteiger partial charge in [-0.3, -0.25) is 0 Å². The van der Waals surface area contributed by atoms with Gasteiger partial charge in [-0.1, -0.05) is 0 Å². The number of fused-ring (bicyclic) bond motifs is 2. The molecule has 1 saturated carbocycles. The summed E-state index contributed by atoms with van der Waals surface area (Å²) in [6, 6.07) is 0.717. The van der Waals surface area contributed by atoms with Crippen LogP contribution in [0.15, 0.2) is 0 Å². The molecule has 1 amide bonds. The van der Waals surface area contributed by atoms with E-state index in [1.54, 1.807) is 0 Å². The molecule has 4 nitrogen and oxygen atoms in total. The van der Waals surface area contributed by atoms with Gasteiger partial charge in [0.05, 0.1) is 6.04 Å². The predicted molar refractivity (Wildman–Crippen MR) is 62.3 cm³/mol. The van der Waals surface area contributed by atoms with E-state index in [1.807, 2.05) is 20.8 Å². The summed E-state index contributed by atoms with van der Waals surface area (Å²) in [5, 5.41) is 6.47. The van der Waals surface area contributed by atoms with Crippen LogP contribution in [0.3, 0.4) is 0 Å². The summed E-state index contributed by atoms with van der Waals surface area (Å²) < 4.78 is 5.29. The second-order valence-electron chi connectivity index (χ2n) is 5.86. The molecule has 1 aliphatic heterocycles. The molecule has 0 aromatic carbocycles. The van der Waals surface area contributed by atoms with Crippen LogP contribution in [0, 0.1) is 5.92 Å². The zero-order valence-corrected chi connectivity index (χ0v) is 10.4. The van der Waals surface area contributed by atoms with Crippen LogP contribution < -0.4 is 10.6 Å². The SMILES string of the molecule is CC(C)(C)OC(=O)N[C@H]1[C@H]2CCN[C@@H]1CC2. The van der Waals surface area contributed by atoms with E-state index in [4.69, 9.17) is 4.74 Å². The molecule has 1 aliphatic carbocycles. The van der Waals surface area contributed by atoms with Crippen molar-refractivity contribution in [3.8, 4) is 0 Å². The van der Waals surface area contributed by atoms with Gasteiger partial charge < -0.3 is 15.4 Å². The van der Waals surface area contributed by atoms with Gasteiger partial charge in [0.1, 0.15) is 5.60 Å². The number of carbonyl (C=O) groups excluding carboxylic acids is 1. The number of amides is 1. The van der Waals surface area contributed by atoms with Crippen LogP contribution in [0.25, 0.3) is 0 Å². The maximum Gasteiger partial charge on any atom is 0.407 e. The zero-order valence-electron chi connectivity index (χ0n) is 10.4. The van der Waals surface area contributed by atoms with Gasteiger partial charge in [-0.15, -0.1) is 0 Å². The van der Waals surface area contributed by atoms with Crippen LogP contribution in [0.1, 0.15) is 40.0 Å². The van der Waals surface area contributed by atoms with Gasteiger partial charge in [-0.05, 0) is 52.5 Å². The van der Waals surface area contributed by atoms with Crippen LogP contribution in [-0.2, 0) is 4.74 Å². The van der Waals surface area contributed by atoms with E-state index < -0.39 is 5.60 Å². The van der Waals surface area contributed by atoms with Crippen LogP contribution >= 0.6 is 0 Å². The highest BCUT2D eigenvalue weighted by atomic mass is 16.6. The fraction of sp³-hybridized carbons (Fsp3) is 0.917. The van der Waals surface area contributed by atoms with Crippen LogP contribution in [-0.4, -0.2) is 30.3 Å². The molecule has 2 bridgehead atoms. The Morgan fingerprint density at radius 1 is 1.31 bits per heavy atom. The molecule has 4 heteroatoms. The van der Waals surface area contributed by atoms with Crippen molar-refractivity contribution in [1.29, 1.82) is 0 Å². The van der Waals surface area contributed by atoms with E-state index in [0.29, 0.717) is 12.0 Å². The van der Waals surface area contributed by atoms with E-state index in [1.165, 1.54) is 12.8 Å². The Hall–Kier alpha value is -0.770. The molecular weight excluding hydrogens is 204 g/mol. The third-order valence-electron chi connectivity index (χ3n) is 3.39. The minimum absolute atomic E-state index is 0.267. The van der Waals surface area contributed by atoms with Crippen LogP contribution in [0.4, 0.5) is 4.79 Å². The Morgan fingerprint density at radius 3 is 2.69 bits per heavy atom. The molecule has 0 spiro atoms. The van der Waals surface area contributed by atoms with Crippen LogP contribution in [0.5, 0.6) is 0 Å². The van der Waals surface area contributed by atoms with Gasteiger partial charge >= 0.3 is 6.09 Å². The highest BCUT2D eigenvalue weighted by Crippen LogP contribution is 2.32. The molecule has 2 rings (SSSR count). The smallest absolute Gasteiger partial charge is 0.407 e. The van der Waals surface area contributed by atoms with E-state index in [2.05, 4.69) is 10.6 Å². The lowest BCUT2D eigenvalue weighted by Crippen LogP contribution is -2.54. The average molecular weight is 226 g/mol. The van der Waals surface area contributed by atoms with Crippen molar-refractivity contribution in [2.24, 2.45) is 5.92 Å². The molecular formula is C12H22N2O2. The van der Waals surface area contributed by atoms with Crippen molar-refractivity contribution >= 4 is 6.09 Å². The number of piperidine rings is 1. The fourth-order valence-corrected chi connectivity index (χ4v) is 2.75. The van der Waals surface area contributed by atoms with E-state index in [0.717, 1.165) is 13.0 Å². The number of hydrogen-bond acceptors (Lipinski definition) is 3. The Kier molecular flexibility index (Phi) is 3.10. The van der Waals surface area contributed by atoms with Gasteiger partial charge in [0.2, 0.25) is 0 Å². The van der Waals surface area contributed by atoms with Gasteiger partial charge in [0.15, 0.2) is 0 Å². The monoisotopic (exact) mass is 226 g/mol. The first kappa shape index (κ1) is 11.7. The summed E-state index contributed by atoms with van der Waals surface area (Å²) in [5.41, 5.74) is -0.411. The zero-order chi connectivity index (χ0) is 11.8. The quantitative estimate of drug-likeness (QED) is 0.715. The fourth-order valence-electron chi connectivity index (χ4n) is 2.75. The highest BCUT2D eigenvalue weighted by Gasteiger charge is 2.40. The van der Waals surface area contributed by atoms with Gasteiger partial charge in [0, 0.05) is 6.04 Å². The largest absolute Gasteiger partial charge is 0.444 e. The lowest BCUT2D eigenvalue weighted by Gasteiger charge is -2.32. The summed E-state index contributed by atoms with van der Waals surface area (Å²) in [5.74, 6) is 0.638. The molecule has 0 unspecified atom stereocenters. The van der Waals surface area contributed by atoms with Crippen LogP contribution in [0.2, 0.25) is 0 Å². The Labute approximate surface area is 97.1 Å².